The summed E-state index contributed by atoms with van der Waals surface area (Å²) in [7, 11) is 3.32. The van der Waals surface area contributed by atoms with Crippen LogP contribution < -0.4 is 5.48 Å². The van der Waals surface area contributed by atoms with Crippen LogP contribution in [0.25, 0.3) is 0 Å². The van der Waals surface area contributed by atoms with E-state index < -0.39 is 5.60 Å². The molecule has 0 heterocycles. The van der Waals surface area contributed by atoms with Crippen LogP contribution in [0, 0.1) is 0 Å². The molecule has 70 valence electrons. The molecule has 12 heavy (non-hydrogen) atoms. The quantitative estimate of drug-likeness (QED) is 0.387. The van der Waals surface area contributed by atoms with Crippen molar-refractivity contribution in [2.45, 2.75) is 19.4 Å². The Morgan fingerprint density at radius 3 is 2.42 bits per heavy atom. The molecule has 0 atom stereocenters. The summed E-state index contributed by atoms with van der Waals surface area (Å²) in [6.07, 6.45) is 3.44. The fraction of sp³-hybridized carbons (Fsp3) is 0.556. The number of rotatable bonds is 5. The third-order valence-corrected chi connectivity index (χ3v) is 1.44. The zero-order chi connectivity index (χ0) is 9.61. The van der Waals surface area contributed by atoms with Crippen LogP contribution >= 0.6 is 0 Å². The van der Waals surface area contributed by atoms with Gasteiger partial charge in [0.1, 0.15) is 11.4 Å². The summed E-state index contributed by atoms with van der Waals surface area (Å²) in [5.74, 6) is 0.729. The van der Waals surface area contributed by atoms with Gasteiger partial charge < -0.3 is 4.74 Å². The molecule has 3 heteroatoms. The second kappa shape index (κ2) is 4.95. The molecule has 0 saturated heterocycles. The van der Waals surface area contributed by atoms with Crippen LogP contribution in [0.15, 0.2) is 24.5 Å². The Bertz CT molecular complexity index is 173. The fourth-order valence-electron chi connectivity index (χ4n) is 0.927. The van der Waals surface area contributed by atoms with Crippen molar-refractivity contribution in [3.05, 3.63) is 24.5 Å². The molecule has 0 aliphatic rings. The standard InChI is InChI=1S/C9H17NO2/c1-6-7-8(11-5)9(2,3)12-10-4/h6-7,10H,1H2,2-5H3/b8-7-. The molecule has 0 unspecified atom stereocenters. The number of ether oxygens (including phenoxy) is 1. The molecule has 0 aliphatic heterocycles. The summed E-state index contributed by atoms with van der Waals surface area (Å²) in [5.41, 5.74) is 2.15. The van der Waals surface area contributed by atoms with Gasteiger partial charge in [0.25, 0.3) is 0 Å². The Morgan fingerprint density at radius 2 is 2.08 bits per heavy atom. The highest BCUT2D eigenvalue weighted by molar-refractivity contribution is 5.13. The Hall–Kier alpha value is -0.800. The third kappa shape index (κ3) is 3.07. The molecule has 1 N–H and O–H groups in total. The monoisotopic (exact) mass is 171 g/mol. The van der Waals surface area contributed by atoms with E-state index in [1.165, 1.54) is 0 Å². The summed E-state index contributed by atoms with van der Waals surface area (Å²) >= 11 is 0. The van der Waals surface area contributed by atoms with Gasteiger partial charge >= 0.3 is 0 Å². The molecule has 0 radical (unpaired) electrons. The molecule has 0 rings (SSSR count). The van der Waals surface area contributed by atoms with Crippen molar-refractivity contribution in [2.75, 3.05) is 14.2 Å². The lowest BCUT2D eigenvalue weighted by molar-refractivity contribution is -0.0754. The summed E-state index contributed by atoms with van der Waals surface area (Å²) in [6.45, 7) is 7.40. The molecular formula is C9H17NO2. The Balaban J connectivity index is 4.46. The first-order valence-electron chi connectivity index (χ1n) is 3.80. The van der Waals surface area contributed by atoms with Gasteiger partial charge in [-0.3, -0.25) is 4.84 Å². The van der Waals surface area contributed by atoms with E-state index in [9.17, 15) is 0 Å². The maximum atomic E-state index is 5.24. The Labute approximate surface area is 74.0 Å². The first kappa shape index (κ1) is 11.2. The minimum atomic E-state index is -0.475. The fourth-order valence-corrected chi connectivity index (χ4v) is 0.927. The van der Waals surface area contributed by atoms with Gasteiger partial charge in [-0.1, -0.05) is 12.7 Å². The van der Waals surface area contributed by atoms with Crippen molar-refractivity contribution in [3.8, 4) is 0 Å². The van der Waals surface area contributed by atoms with E-state index >= 15 is 0 Å². The van der Waals surface area contributed by atoms with Crippen molar-refractivity contribution in [3.63, 3.8) is 0 Å². The van der Waals surface area contributed by atoms with E-state index in [1.54, 1.807) is 26.3 Å². The van der Waals surface area contributed by atoms with Gasteiger partial charge in [0.15, 0.2) is 0 Å². The summed E-state index contributed by atoms with van der Waals surface area (Å²) in [4.78, 5) is 5.24. The SMILES string of the molecule is C=C/C=C(\OC)C(C)(C)ONC. The van der Waals surface area contributed by atoms with E-state index in [2.05, 4.69) is 12.1 Å². The van der Waals surface area contributed by atoms with Gasteiger partial charge in [0.05, 0.1) is 7.11 Å². The molecule has 0 aromatic rings. The lowest BCUT2D eigenvalue weighted by atomic mass is 10.1. The molecule has 0 aliphatic carbocycles. The van der Waals surface area contributed by atoms with Gasteiger partial charge in [-0.05, 0) is 19.9 Å². The highest BCUT2D eigenvalue weighted by Crippen LogP contribution is 2.19. The van der Waals surface area contributed by atoms with Crippen LogP contribution in [-0.4, -0.2) is 19.8 Å². The molecule has 0 fully saturated rings. The lowest BCUT2D eigenvalue weighted by Gasteiger charge is -2.25. The second-order valence-corrected chi connectivity index (χ2v) is 2.79. The molecule has 3 nitrogen and oxygen atoms in total. The number of methoxy groups -OCH3 is 1. The van der Waals surface area contributed by atoms with E-state index in [0.717, 1.165) is 5.76 Å². The van der Waals surface area contributed by atoms with Gasteiger partial charge in [-0.25, -0.2) is 5.48 Å². The predicted octanol–water partition coefficient (Wildman–Crippen LogP) is 1.63. The van der Waals surface area contributed by atoms with Gasteiger partial charge in [0, 0.05) is 7.05 Å². The molecule has 0 spiro atoms. The smallest absolute Gasteiger partial charge is 0.141 e. The average molecular weight is 171 g/mol. The van der Waals surface area contributed by atoms with Crippen LogP contribution in [0.4, 0.5) is 0 Å². The first-order valence-corrected chi connectivity index (χ1v) is 3.80. The molecule has 0 amide bonds. The molecule has 0 bridgehead atoms. The van der Waals surface area contributed by atoms with Crippen LogP contribution in [0.1, 0.15) is 13.8 Å². The Kier molecular flexibility index (Phi) is 4.62. The highest BCUT2D eigenvalue weighted by atomic mass is 16.7. The van der Waals surface area contributed by atoms with Crippen molar-refractivity contribution in [1.82, 2.24) is 5.48 Å². The third-order valence-electron chi connectivity index (χ3n) is 1.44. The van der Waals surface area contributed by atoms with Crippen molar-refractivity contribution in [2.24, 2.45) is 0 Å². The van der Waals surface area contributed by atoms with Gasteiger partial charge in [-0.15, -0.1) is 0 Å². The first-order chi connectivity index (χ1) is 5.58. The highest BCUT2D eigenvalue weighted by Gasteiger charge is 2.24. The zero-order valence-corrected chi connectivity index (χ0v) is 8.18. The summed E-state index contributed by atoms with van der Waals surface area (Å²) in [5, 5.41) is 0. The van der Waals surface area contributed by atoms with Crippen LogP contribution in [-0.2, 0) is 9.57 Å². The van der Waals surface area contributed by atoms with Crippen molar-refractivity contribution >= 4 is 0 Å². The summed E-state index contributed by atoms with van der Waals surface area (Å²) in [6, 6.07) is 0. The van der Waals surface area contributed by atoms with Crippen molar-refractivity contribution < 1.29 is 9.57 Å². The van der Waals surface area contributed by atoms with E-state index in [-0.39, 0.29) is 0 Å². The normalized spacial score (nSPS) is 12.8. The topological polar surface area (TPSA) is 30.5 Å². The number of hydrogen-bond acceptors (Lipinski definition) is 3. The number of nitrogens with one attached hydrogen (secondary N) is 1. The molecule has 0 aromatic carbocycles. The minimum absolute atomic E-state index is 0.475. The summed E-state index contributed by atoms with van der Waals surface area (Å²) < 4.78 is 5.13. The molecule has 0 aromatic heterocycles. The second-order valence-electron chi connectivity index (χ2n) is 2.79. The molecular weight excluding hydrogens is 154 g/mol. The predicted molar refractivity (Wildman–Crippen MR) is 49.5 cm³/mol. The van der Waals surface area contributed by atoms with Gasteiger partial charge in [0.2, 0.25) is 0 Å². The van der Waals surface area contributed by atoms with E-state index in [1.807, 2.05) is 13.8 Å². The lowest BCUT2D eigenvalue weighted by Crippen LogP contribution is -2.33. The maximum absolute atomic E-state index is 5.24. The Morgan fingerprint density at radius 1 is 1.50 bits per heavy atom. The zero-order valence-electron chi connectivity index (χ0n) is 8.18. The van der Waals surface area contributed by atoms with Crippen molar-refractivity contribution in [1.29, 1.82) is 0 Å². The largest absolute Gasteiger partial charge is 0.498 e. The number of allylic oxidation sites excluding steroid dienone is 2. The van der Waals surface area contributed by atoms with Crippen LogP contribution in [0.2, 0.25) is 0 Å². The van der Waals surface area contributed by atoms with Crippen LogP contribution in [0.3, 0.4) is 0 Å². The van der Waals surface area contributed by atoms with E-state index in [4.69, 9.17) is 9.57 Å². The number of hydroxylamine groups is 1. The average Bonchev–Trinajstić information content (AvgIpc) is 1.99. The van der Waals surface area contributed by atoms with Gasteiger partial charge in [-0.2, -0.15) is 0 Å². The van der Waals surface area contributed by atoms with E-state index in [0.29, 0.717) is 0 Å². The van der Waals surface area contributed by atoms with Crippen LogP contribution in [0.5, 0.6) is 0 Å². The minimum Gasteiger partial charge on any atom is -0.498 e. The molecule has 0 saturated carbocycles. The number of hydrogen-bond donors (Lipinski definition) is 1. The maximum Gasteiger partial charge on any atom is 0.141 e.